The van der Waals surface area contributed by atoms with Crippen LogP contribution in [-0.2, 0) is 4.74 Å². The summed E-state index contributed by atoms with van der Waals surface area (Å²) >= 11 is 9.51. The first kappa shape index (κ1) is 17.1. The molecule has 0 saturated carbocycles. The molecule has 3 nitrogen and oxygen atoms in total. The van der Waals surface area contributed by atoms with Gasteiger partial charge in [-0.15, -0.1) is 0 Å². The van der Waals surface area contributed by atoms with Crippen LogP contribution < -0.4 is 9.64 Å². The third-order valence-corrected chi connectivity index (χ3v) is 4.48. The predicted octanol–water partition coefficient (Wildman–Crippen LogP) is 2.95. The van der Waals surface area contributed by atoms with Crippen LogP contribution in [0.5, 0.6) is 5.75 Å². The van der Waals surface area contributed by atoms with Crippen LogP contribution in [0.25, 0.3) is 0 Å². The number of hydrogen-bond donors (Lipinski definition) is 1. The SMILES string of the molecule is C[C@@H]1C[NH+](CCCCOc2ccc(Br)cc2Cl)C[C@H](C)O1. The lowest BCUT2D eigenvalue weighted by Crippen LogP contribution is -3.15. The number of hydrogen-bond acceptors (Lipinski definition) is 2. The lowest BCUT2D eigenvalue weighted by atomic mass is 10.2. The highest BCUT2D eigenvalue weighted by atomic mass is 79.9. The molecule has 1 aliphatic heterocycles. The molecular formula is C16H24BrClNO2+. The van der Waals surface area contributed by atoms with Crippen molar-refractivity contribution in [2.75, 3.05) is 26.2 Å². The van der Waals surface area contributed by atoms with E-state index < -0.39 is 0 Å². The quantitative estimate of drug-likeness (QED) is 0.770. The summed E-state index contributed by atoms with van der Waals surface area (Å²) in [6.07, 6.45) is 2.98. The van der Waals surface area contributed by atoms with Crippen molar-refractivity contribution in [1.29, 1.82) is 0 Å². The summed E-state index contributed by atoms with van der Waals surface area (Å²) in [6.45, 7) is 8.46. The Labute approximate surface area is 140 Å². The van der Waals surface area contributed by atoms with Crippen molar-refractivity contribution in [3.8, 4) is 5.75 Å². The maximum Gasteiger partial charge on any atom is 0.137 e. The van der Waals surface area contributed by atoms with Crippen molar-refractivity contribution in [1.82, 2.24) is 0 Å². The van der Waals surface area contributed by atoms with Gasteiger partial charge in [-0.25, -0.2) is 0 Å². The zero-order valence-electron chi connectivity index (χ0n) is 12.7. The van der Waals surface area contributed by atoms with E-state index in [1.165, 1.54) is 13.0 Å². The average molecular weight is 378 g/mol. The number of rotatable bonds is 6. The Morgan fingerprint density at radius 3 is 2.67 bits per heavy atom. The van der Waals surface area contributed by atoms with Crippen molar-refractivity contribution in [3.05, 3.63) is 27.7 Å². The monoisotopic (exact) mass is 376 g/mol. The molecule has 0 spiro atoms. The van der Waals surface area contributed by atoms with E-state index in [9.17, 15) is 0 Å². The molecular weight excluding hydrogens is 354 g/mol. The summed E-state index contributed by atoms with van der Waals surface area (Å²) in [5, 5.41) is 0.658. The topological polar surface area (TPSA) is 22.9 Å². The van der Waals surface area contributed by atoms with Crippen LogP contribution in [0.2, 0.25) is 5.02 Å². The number of quaternary nitrogens is 1. The van der Waals surface area contributed by atoms with E-state index in [0.717, 1.165) is 36.3 Å². The molecule has 5 heteroatoms. The van der Waals surface area contributed by atoms with Crippen molar-refractivity contribution in [3.63, 3.8) is 0 Å². The van der Waals surface area contributed by atoms with Gasteiger partial charge in [0, 0.05) is 4.47 Å². The molecule has 1 saturated heterocycles. The molecule has 118 valence electrons. The van der Waals surface area contributed by atoms with Crippen molar-refractivity contribution in [2.24, 2.45) is 0 Å². The number of benzene rings is 1. The maximum atomic E-state index is 6.12. The fraction of sp³-hybridized carbons (Fsp3) is 0.625. The van der Waals surface area contributed by atoms with E-state index in [2.05, 4.69) is 29.8 Å². The molecule has 1 unspecified atom stereocenters. The third kappa shape index (κ3) is 5.78. The van der Waals surface area contributed by atoms with E-state index in [-0.39, 0.29) is 0 Å². The molecule has 1 heterocycles. The van der Waals surface area contributed by atoms with Gasteiger partial charge in [0.1, 0.15) is 31.0 Å². The predicted molar refractivity (Wildman–Crippen MR) is 89.5 cm³/mol. The van der Waals surface area contributed by atoms with E-state index in [1.807, 2.05) is 18.2 Å². The van der Waals surface area contributed by atoms with Gasteiger partial charge < -0.3 is 14.4 Å². The highest BCUT2D eigenvalue weighted by Crippen LogP contribution is 2.27. The summed E-state index contributed by atoms with van der Waals surface area (Å²) in [5.41, 5.74) is 0. The summed E-state index contributed by atoms with van der Waals surface area (Å²) in [5.74, 6) is 0.765. The second kappa shape index (κ2) is 8.37. The highest BCUT2D eigenvalue weighted by Gasteiger charge is 2.24. The molecule has 1 aromatic carbocycles. The molecule has 1 aliphatic rings. The van der Waals surface area contributed by atoms with Crippen molar-refractivity contribution < 1.29 is 14.4 Å². The zero-order valence-corrected chi connectivity index (χ0v) is 15.0. The number of nitrogens with one attached hydrogen (secondary N) is 1. The molecule has 0 aromatic heterocycles. The number of unbranched alkanes of at least 4 members (excludes halogenated alkanes) is 1. The number of morpholine rings is 1. The smallest absolute Gasteiger partial charge is 0.137 e. The van der Waals surface area contributed by atoms with Crippen LogP contribution >= 0.6 is 27.5 Å². The minimum Gasteiger partial charge on any atom is -0.492 e. The third-order valence-electron chi connectivity index (χ3n) is 3.69. The molecule has 0 bridgehead atoms. The van der Waals surface area contributed by atoms with Crippen molar-refractivity contribution in [2.45, 2.75) is 38.9 Å². The van der Waals surface area contributed by atoms with Crippen molar-refractivity contribution >= 4 is 27.5 Å². The van der Waals surface area contributed by atoms with Gasteiger partial charge >= 0.3 is 0 Å². The first-order chi connectivity index (χ1) is 10.0. The second-order valence-electron chi connectivity index (χ2n) is 5.80. The van der Waals surface area contributed by atoms with E-state index in [1.54, 1.807) is 4.90 Å². The zero-order chi connectivity index (χ0) is 15.2. The molecule has 3 atom stereocenters. The molecule has 1 aromatic rings. The Kier molecular flexibility index (Phi) is 6.80. The molecule has 1 N–H and O–H groups in total. The van der Waals surface area contributed by atoms with Gasteiger partial charge in [0.05, 0.1) is 18.2 Å². The second-order valence-corrected chi connectivity index (χ2v) is 7.12. The van der Waals surface area contributed by atoms with Crippen LogP contribution in [0.15, 0.2) is 22.7 Å². The van der Waals surface area contributed by atoms with Gasteiger partial charge in [0.2, 0.25) is 0 Å². The minimum absolute atomic E-state index is 0.376. The Morgan fingerprint density at radius 2 is 2.00 bits per heavy atom. The largest absolute Gasteiger partial charge is 0.492 e. The first-order valence-electron chi connectivity index (χ1n) is 7.61. The van der Waals surface area contributed by atoms with Gasteiger partial charge in [-0.05, 0) is 44.9 Å². The maximum absolute atomic E-state index is 6.12. The lowest BCUT2D eigenvalue weighted by molar-refractivity contribution is -0.915. The van der Waals surface area contributed by atoms with Crippen LogP contribution in [0.1, 0.15) is 26.7 Å². The molecule has 0 amide bonds. The first-order valence-corrected chi connectivity index (χ1v) is 8.78. The van der Waals surface area contributed by atoms with Crippen LogP contribution in [0.3, 0.4) is 0 Å². The standard InChI is InChI=1S/C16H23BrClNO2/c1-12-10-19(11-13(2)21-12)7-3-4-8-20-16-6-5-14(17)9-15(16)18/h5-6,9,12-13H,3-4,7-8,10-11H2,1-2H3/p+1/t12-,13+. The average Bonchev–Trinajstić information content (AvgIpc) is 2.39. The van der Waals surface area contributed by atoms with Gasteiger partial charge in [-0.1, -0.05) is 27.5 Å². The van der Waals surface area contributed by atoms with Crippen LogP contribution in [0, 0.1) is 0 Å². The molecule has 2 rings (SSSR count). The van der Waals surface area contributed by atoms with E-state index in [0.29, 0.717) is 17.2 Å². The molecule has 21 heavy (non-hydrogen) atoms. The summed E-state index contributed by atoms with van der Waals surface area (Å²) in [4.78, 5) is 1.64. The Balaban J connectivity index is 1.63. The molecule has 0 radical (unpaired) electrons. The Hall–Kier alpha value is -0.290. The highest BCUT2D eigenvalue weighted by molar-refractivity contribution is 9.10. The molecule has 0 aliphatic carbocycles. The van der Waals surface area contributed by atoms with Crippen LogP contribution in [0.4, 0.5) is 0 Å². The normalized spacial score (nSPS) is 25.8. The number of halogens is 2. The lowest BCUT2D eigenvalue weighted by Gasteiger charge is -2.32. The van der Waals surface area contributed by atoms with Crippen LogP contribution in [-0.4, -0.2) is 38.4 Å². The van der Waals surface area contributed by atoms with Gasteiger partial charge in [0.25, 0.3) is 0 Å². The summed E-state index contributed by atoms with van der Waals surface area (Å²) in [6, 6.07) is 5.71. The number of ether oxygens (including phenoxy) is 2. The Bertz CT molecular complexity index is 448. The Morgan fingerprint density at radius 1 is 1.29 bits per heavy atom. The van der Waals surface area contributed by atoms with E-state index in [4.69, 9.17) is 21.1 Å². The summed E-state index contributed by atoms with van der Waals surface area (Å²) in [7, 11) is 0. The minimum atomic E-state index is 0.376. The van der Waals surface area contributed by atoms with Gasteiger partial charge in [-0.3, -0.25) is 0 Å². The van der Waals surface area contributed by atoms with Gasteiger partial charge in [-0.2, -0.15) is 0 Å². The fourth-order valence-electron chi connectivity index (χ4n) is 2.84. The fourth-order valence-corrected chi connectivity index (χ4v) is 3.57. The van der Waals surface area contributed by atoms with E-state index >= 15 is 0 Å². The van der Waals surface area contributed by atoms with Gasteiger partial charge in [0.15, 0.2) is 0 Å². The summed E-state index contributed by atoms with van der Waals surface area (Å²) < 4.78 is 12.5. The molecule has 1 fully saturated rings.